The highest BCUT2D eigenvalue weighted by Crippen LogP contribution is 2.35. The number of fused-ring (bicyclic) bond motifs is 1. The van der Waals surface area contributed by atoms with Gasteiger partial charge in [0.25, 0.3) is 0 Å². The first-order valence-electron chi connectivity index (χ1n) is 10.8. The standard InChI is InChI=1S/C23H31N3O2/c1-2-3-12-22(27)25-14-8-7-11-21(25)23-19-17-28-15-13-20(19)26(24-23)16-18-9-5-4-6-10-18/h4-6,9-10,21H,2-3,7-8,11-17H2,1H3. The lowest BCUT2D eigenvalue weighted by atomic mass is 9.95. The number of hydrogen-bond acceptors (Lipinski definition) is 3. The van der Waals surface area contributed by atoms with Gasteiger partial charge in [0.05, 0.1) is 31.5 Å². The largest absolute Gasteiger partial charge is 0.376 e. The van der Waals surface area contributed by atoms with Crippen molar-refractivity contribution in [1.29, 1.82) is 0 Å². The molecule has 5 heteroatoms. The molecule has 2 aromatic rings. The van der Waals surface area contributed by atoms with Crippen LogP contribution in [0.3, 0.4) is 0 Å². The number of unbranched alkanes of at least 4 members (excludes halogenated alkanes) is 1. The zero-order valence-corrected chi connectivity index (χ0v) is 16.9. The lowest BCUT2D eigenvalue weighted by molar-refractivity contribution is -0.135. The summed E-state index contributed by atoms with van der Waals surface area (Å²) < 4.78 is 7.95. The molecule has 1 fully saturated rings. The summed E-state index contributed by atoms with van der Waals surface area (Å²) in [6.45, 7) is 5.14. The molecule has 0 saturated carbocycles. The minimum Gasteiger partial charge on any atom is -0.376 e. The van der Waals surface area contributed by atoms with Crippen molar-refractivity contribution < 1.29 is 9.53 Å². The summed E-state index contributed by atoms with van der Waals surface area (Å²) in [5.41, 5.74) is 4.85. The summed E-state index contributed by atoms with van der Waals surface area (Å²) in [6.07, 6.45) is 6.82. The smallest absolute Gasteiger partial charge is 0.223 e. The Hall–Kier alpha value is -2.14. The van der Waals surface area contributed by atoms with E-state index in [-0.39, 0.29) is 11.9 Å². The summed E-state index contributed by atoms with van der Waals surface area (Å²) in [7, 11) is 0. The summed E-state index contributed by atoms with van der Waals surface area (Å²) in [5.74, 6) is 0.287. The highest BCUT2D eigenvalue weighted by atomic mass is 16.5. The van der Waals surface area contributed by atoms with Gasteiger partial charge in [0, 0.05) is 30.6 Å². The average molecular weight is 382 g/mol. The van der Waals surface area contributed by atoms with Gasteiger partial charge >= 0.3 is 0 Å². The minimum atomic E-state index is 0.102. The molecule has 0 radical (unpaired) electrons. The Balaban J connectivity index is 1.65. The molecule has 1 amide bonds. The van der Waals surface area contributed by atoms with Crippen LogP contribution in [-0.4, -0.2) is 33.7 Å². The second-order valence-electron chi connectivity index (χ2n) is 7.96. The lowest BCUT2D eigenvalue weighted by Gasteiger charge is -2.35. The lowest BCUT2D eigenvalue weighted by Crippen LogP contribution is -2.39. The summed E-state index contributed by atoms with van der Waals surface area (Å²) in [4.78, 5) is 15.0. The molecule has 5 nitrogen and oxygen atoms in total. The molecule has 3 heterocycles. The third-order valence-corrected chi connectivity index (χ3v) is 5.99. The van der Waals surface area contributed by atoms with Crippen molar-refractivity contribution in [3.63, 3.8) is 0 Å². The fourth-order valence-electron chi connectivity index (χ4n) is 4.48. The summed E-state index contributed by atoms with van der Waals surface area (Å²) in [5, 5.41) is 5.07. The van der Waals surface area contributed by atoms with Crippen LogP contribution in [0.25, 0.3) is 0 Å². The summed E-state index contributed by atoms with van der Waals surface area (Å²) >= 11 is 0. The predicted molar refractivity (Wildman–Crippen MR) is 109 cm³/mol. The molecule has 0 aliphatic carbocycles. The molecular weight excluding hydrogens is 350 g/mol. The molecule has 2 aliphatic rings. The number of ether oxygens (including phenoxy) is 1. The first-order chi connectivity index (χ1) is 13.8. The SMILES string of the molecule is CCCCC(=O)N1CCCCC1c1nn(Cc2ccccc2)c2c1COCC2. The number of amides is 1. The molecule has 1 unspecified atom stereocenters. The summed E-state index contributed by atoms with van der Waals surface area (Å²) in [6, 6.07) is 10.6. The molecule has 4 rings (SSSR count). The van der Waals surface area contributed by atoms with Crippen molar-refractivity contribution in [3.05, 3.63) is 52.8 Å². The van der Waals surface area contributed by atoms with E-state index < -0.39 is 0 Å². The van der Waals surface area contributed by atoms with Gasteiger partial charge in [-0.1, -0.05) is 43.7 Å². The van der Waals surface area contributed by atoms with E-state index in [0.717, 1.165) is 63.9 Å². The number of piperidine rings is 1. The van der Waals surface area contributed by atoms with Crippen LogP contribution in [-0.2, 0) is 29.1 Å². The number of nitrogens with zero attached hydrogens (tertiary/aromatic N) is 3. The van der Waals surface area contributed by atoms with Gasteiger partial charge in [-0.25, -0.2) is 0 Å². The van der Waals surface area contributed by atoms with Crippen LogP contribution >= 0.6 is 0 Å². The number of aromatic nitrogens is 2. The number of carbonyl (C=O) groups is 1. The molecule has 1 aromatic heterocycles. The third kappa shape index (κ3) is 4.00. The molecule has 0 N–H and O–H groups in total. The van der Waals surface area contributed by atoms with Crippen molar-refractivity contribution in [2.45, 2.75) is 71.1 Å². The van der Waals surface area contributed by atoms with Gasteiger partial charge in [-0.2, -0.15) is 5.10 Å². The molecule has 1 atom stereocenters. The Morgan fingerprint density at radius 2 is 2.11 bits per heavy atom. The van der Waals surface area contributed by atoms with E-state index in [9.17, 15) is 4.79 Å². The van der Waals surface area contributed by atoms with Gasteiger partial charge < -0.3 is 9.64 Å². The first-order valence-corrected chi connectivity index (χ1v) is 10.8. The van der Waals surface area contributed by atoms with Crippen molar-refractivity contribution in [3.8, 4) is 0 Å². The van der Waals surface area contributed by atoms with Gasteiger partial charge in [0.1, 0.15) is 0 Å². The van der Waals surface area contributed by atoms with Crippen molar-refractivity contribution >= 4 is 5.91 Å². The van der Waals surface area contributed by atoms with E-state index >= 15 is 0 Å². The Morgan fingerprint density at radius 3 is 2.93 bits per heavy atom. The van der Waals surface area contributed by atoms with Gasteiger partial charge in [-0.05, 0) is 31.2 Å². The Bertz CT molecular complexity index is 800. The maximum Gasteiger partial charge on any atom is 0.223 e. The van der Waals surface area contributed by atoms with Crippen molar-refractivity contribution in [2.24, 2.45) is 0 Å². The van der Waals surface area contributed by atoms with Gasteiger partial charge in [-0.3, -0.25) is 9.48 Å². The zero-order valence-electron chi connectivity index (χ0n) is 16.9. The zero-order chi connectivity index (χ0) is 19.3. The van der Waals surface area contributed by atoms with E-state index in [2.05, 4.69) is 40.8 Å². The minimum absolute atomic E-state index is 0.102. The van der Waals surface area contributed by atoms with Crippen molar-refractivity contribution in [2.75, 3.05) is 13.2 Å². The third-order valence-electron chi connectivity index (χ3n) is 5.99. The molecule has 2 aliphatic heterocycles. The van der Waals surface area contributed by atoms with E-state index in [1.807, 2.05) is 6.07 Å². The van der Waals surface area contributed by atoms with Crippen LogP contribution in [0.15, 0.2) is 30.3 Å². The van der Waals surface area contributed by atoms with Crippen LogP contribution in [0.1, 0.15) is 74.0 Å². The molecule has 1 aromatic carbocycles. The van der Waals surface area contributed by atoms with E-state index in [4.69, 9.17) is 9.84 Å². The Kier molecular flexibility index (Phi) is 6.10. The number of likely N-dealkylation sites (tertiary alicyclic amines) is 1. The van der Waals surface area contributed by atoms with E-state index in [0.29, 0.717) is 13.0 Å². The second-order valence-corrected chi connectivity index (χ2v) is 7.96. The average Bonchev–Trinajstić information content (AvgIpc) is 3.11. The van der Waals surface area contributed by atoms with Crippen LogP contribution in [0.2, 0.25) is 0 Å². The highest BCUT2D eigenvalue weighted by Gasteiger charge is 2.33. The molecular formula is C23H31N3O2. The number of benzene rings is 1. The molecule has 1 saturated heterocycles. The molecule has 28 heavy (non-hydrogen) atoms. The monoisotopic (exact) mass is 381 g/mol. The van der Waals surface area contributed by atoms with Gasteiger partial charge in [0.2, 0.25) is 5.91 Å². The van der Waals surface area contributed by atoms with Crippen LogP contribution < -0.4 is 0 Å². The molecule has 150 valence electrons. The van der Waals surface area contributed by atoms with Crippen molar-refractivity contribution in [1.82, 2.24) is 14.7 Å². The fraction of sp³-hybridized carbons (Fsp3) is 0.565. The number of rotatable bonds is 6. The van der Waals surface area contributed by atoms with E-state index in [1.165, 1.54) is 16.8 Å². The maximum atomic E-state index is 12.9. The second kappa shape index (κ2) is 8.91. The predicted octanol–water partition coefficient (Wildman–Crippen LogP) is 4.25. The van der Waals surface area contributed by atoms with Gasteiger partial charge in [-0.15, -0.1) is 0 Å². The number of hydrogen-bond donors (Lipinski definition) is 0. The molecule has 0 spiro atoms. The van der Waals surface area contributed by atoms with Crippen LogP contribution in [0.5, 0.6) is 0 Å². The molecule has 0 bridgehead atoms. The van der Waals surface area contributed by atoms with Crippen LogP contribution in [0.4, 0.5) is 0 Å². The first kappa shape index (κ1) is 19.2. The quantitative estimate of drug-likeness (QED) is 0.752. The maximum absolute atomic E-state index is 12.9. The highest BCUT2D eigenvalue weighted by molar-refractivity contribution is 5.76. The normalized spacial score (nSPS) is 19.5. The Labute approximate surface area is 167 Å². The fourth-order valence-corrected chi connectivity index (χ4v) is 4.48. The number of carbonyl (C=O) groups excluding carboxylic acids is 1. The van der Waals surface area contributed by atoms with E-state index in [1.54, 1.807) is 0 Å². The Morgan fingerprint density at radius 1 is 1.25 bits per heavy atom. The van der Waals surface area contributed by atoms with Gasteiger partial charge in [0.15, 0.2) is 0 Å². The van der Waals surface area contributed by atoms with Crippen LogP contribution in [0, 0.1) is 0 Å². The topological polar surface area (TPSA) is 47.4 Å².